The summed E-state index contributed by atoms with van der Waals surface area (Å²) in [5, 5.41) is 0.453. The van der Waals surface area contributed by atoms with E-state index >= 15 is 0 Å². The Morgan fingerprint density at radius 1 is 1.29 bits per heavy atom. The van der Waals surface area contributed by atoms with Crippen molar-refractivity contribution in [1.29, 1.82) is 0 Å². The van der Waals surface area contributed by atoms with Gasteiger partial charge in [0.05, 0.1) is 12.2 Å². The molecule has 1 aromatic rings. The number of hydrogen-bond acceptors (Lipinski definition) is 4. The summed E-state index contributed by atoms with van der Waals surface area (Å²) in [6, 6.07) is 2.46. The summed E-state index contributed by atoms with van der Waals surface area (Å²) in [7, 11) is 1.26. The van der Waals surface area contributed by atoms with Gasteiger partial charge in [-0.15, -0.1) is 0 Å². The number of carbonyl (C=O) groups excluding carboxylic acids is 3. The van der Waals surface area contributed by atoms with E-state index in [9.17, 15) is 14.4 Å². The normalized spacial score (nSPS) is 16.0. The molecule has 0 radical (unpaired) electrons. The maximum Gasteiger partial charge on any atom is 0.334 e. The van der Waals surface area contributed by atoms with Crippen LogP contribution in [0.15, 0.2) is 18.3 Å². The average Bonchev–Trinajstić information content (AvgIpc) is 2.47. The first kappa shape index (κ1) is 11.5. The molecule has 0 aliphatic carbocycles. The average molecular weight is 254 g/mol. The standard InChI is InChI=1S/C10H8ClN3O3/c1-13-8(15)9(16)14(10(13)17)5-7-4-6(11)2-3-12-7/h2-4H,5H2,1H3. The summed E-state index contributed by atoms with van der Waals surface area (Å²) >= 11 is 5.75. The van der Waals surface area contributed by atoms with Gasteiger partial charge in [0.15, 0.2) is 0 Å². The number of halogens is 1. The number of hydrogen-bond donors (Lipinski definition) is 0. The van der Waals surface area contributed by atoms with Crippen molar-refractivity contribution >= 4 is 29.4 Å². The Labute approximate surface area is 102 Å². The quantitative estimate of drug-likeness (QED) is 0.573. The summed E-state index contributed by atoms with van der Waals surface area (Å²) < 4.78 is 0. The molecule has 1 aliphatic rings. The Morgan fingerprint density at radius 3 is 2.53 bits per heavy atom. The second-order valence-electron chi connectivity index (χ2n) is 3.50. The number of rotatable bonds is 2. The first-order valence-corrected chi connectivity index (χ1v) is 5.12. The highest BCUT2D eigenvalue weighted by molar-refractivity contribution is 6.44. The number of urea groups is 1. The second kappa shape index (κ2) is 4.14. The summed E-state index contributed by atoms with van der Waals surface area (Å²) in [6.07, 6.45) is 1.47. The third-order valence-corrected chi connectivity index (χ3v) is 2.58. The minimum Gasteiger partial charge on any atom is -0.263 e. The Morgan fingerprint density at radius 2 is 2.00 bits per heavy atom. The number of carbonyl (C=O) groups is 3. The van der Waals surface area contributed by atoms with E-state index in [4.69, 9.17) is 11.6 Å². The van der Waals surface area contributed by atoms with Crippen LogP contribution in [0.3, 0.4) is 0 Å². The highest BCUT2D eigenvalue weighted by atomic mass is 35.5. The third-order valence-electron chi connectivity index (χ3n) is 2.35. The smallest absolute Gasteiger partial charge is 0.263 e. The van der Waals surface area contributed by atoms with Crippen molar-refractivity contribution in [2.75, 3.05) is 7.05 Å². The van der Waals surface area contributed by atoms with Gasteiger partial charge in [-0.3, -0.25) is 19.5 Å². The van der Waals surface area contributed by atoms with Gasteiger partial charge in [0.1, 0.15) is 0 Å². The number of likely N-dealkylation sites (N-methyl/N-ethyl adjacent to an activating group) is 1. The van der Waals surface area contributed by atoms with Crippen LogP contribution < -0.4 is 0 Å². The van der Waals surface area contributed by atoms with Crippen molar-refractivity contribution in [3.05, 3.63) is 29.0 Å². The van der Waals surface area contributed by atoms with Gasteiger partial charge in [-0.2, -0.15) is 0 Å². The molecule has 0 aromatic carbocycles. The predicted octanol–water partition coefficient (Wildman–Crippen LogP) is 0.656. The van der Waals surface area contributed by atoms with Gasteiger partial charge in [0, 0.05) is 18.3 Å². The lowest BCUT2D eigenvalue weighted by molar-refractivity contribution is -0.143. The van der Waals surface area contributed by atoms with Crippen LogP contribution in [0.5, 0.6) is 0 Å². The molecular weight excluding hydrogens is 246 g/mol. The van der Waals surface area contributed by atoms with E-state index in [1.165, 1.54) is 19.3 Å². The summed E-state index contributed by atoms with van der Waals surface area (Å²) in [6.45, 7) is -0.0612. The van der Waals surface area contributed by atoms with Crippen molar-refractivity contribution in [2.24, 2.45) is 0 Å². The molecule has 1 fully saturated rings. The van der Waals surface area contributed by atoms with Gasteiger partial charge >= 0.3 is 17.8 Å². The van der Waals surface area contributed by atoms with Crippen LogP contribution in [0, 0.1) is 0 Å². The molecule has 1 aliphatic heterocycles. The monoisotopic (exact) mass is 253 g/mol. The first-order valence-electron chi connectivity index (χ1n) is 4.74. The molecule has 0 atom stereocenters. The first-order chi connectivity index (χ1) is 8.00. The summed E-state index contributed by atoms with van der Waals surface area (Å²) in [5.41, 5.74) is 0.447. The van der Waals surface area contributed by atoms with Crippen molar-refractivity contribution in [3.63, 3.8) is 0 Å². The molecule has 0 spiro atoms. The van der Waals surface area contributed by atoms with Gasteiger partial charge in [0.2, 0.25) is 0 Å². The largest absolute Gasteiger partial charge is 0.334 e. The van der Waals surface area contributed by atoms with Gasteiger partial charge in [-0.25, -0.2) is 9.69 Å². The fourth-order valence-electron chi connectivity index (χ4n) is 1.45. The molecule has 4 amide bonds. The minimum absolute atomic E-state index is 0.0612. The number of amides is 4. The highest BCUT2D eigenvalue weighted by Crippen LogP contribution is 2.15. The van der Waals surface area contributed by atoms with Crippen LogP contribution in [-0.2, 0) is 16.1 Å². The fourth-order valence-corrected chi connectivity index (χ4v) is 1.63. The molecule has 17 heavy (non-hydrogen) atoms. The lowest BCUT2D eigenvalue weighted by Crippen LogP contribution is -2.31. The molecule has 2 heterocycles. The molecular formula is C10H8ClN3O3. The molecule has 2 rings (SSSR count). The second-order valence-corrected chi connectivity index (χ2v) is 3.94. The van der Waals surface area contributed by atoms with Crippen molar-refractivity contribution in [1.82, 2.24) is 14.8 Å². The van der Waals surface area contributed by atoms with E-state index in [0.29, 0.717) is 10.7 Å². The summed E-state index contributed by atoms with van der Waals surface area (Å²) in [4.78, 5) is 39.9. The van der Waals surface area contributed by atoms with Crippen molar-refractivity contribution < 1.29 is 14.4 Å². The van der Waals surface area contributed by atoms with Gasteiger partial charge in [-0.1, -0.05) is 11.6 Å². The molecule has 1 saturated heterocycles. The van der Waals surface area contributed by atoms with Crippen LogP contribution in [0.1, 0.15) is 5.69 Å². The maximum absolute atomic E-state index is 11.6. The van der Waals surface area contributed by atoms with Crippen LogP contribution >= 0.6 is 11.6 Å². The molecule has 0 saturated carbocycles. The van der Waals surface area contributed by atoms with E-state index in [1.54, 1.807) is 6.07 Å². The van der Waals surface area contributed by atoms with Crippen molar-refractivity contribution in [3.8, 4) is 0 Å². The third kappa shape index (κ3) is 1.99. The van der Waals surface area contributed by atoms with Crippen LogP contribution in [-0.4, -0.2) is 39.7 Å². The van der Waals surface area contributed by atoms with E-state index < -0.39 is 17.8 Å². The van der Waals surface area contributed by atoms with E-state index in [1.807, 2.05) is 0 Å². The molecule has 7 heteroatoms. The lowest BCUT2D eigenvalue weighted by atomic mass is 10.3. The van der Waals surface area contributed by atoms with Gasteiger partial charge < -0.3 is 0 Å². The zero-order valence-electron chi connectivity index (χ0n) is 8.88. The zero-order valence-corrected chi connectivity index (χ0v) is 9.64. The Bertz CT molecular complexity index is 517. The minimum atomic E-state index is -0.848. The molecule has 6 nitrogen and oxygen atoms in total. The molecule has 88 valence electrons. The number of aromatic nitrogens is 1. The summed E-state index contributed by atoms with van der Waals surface area (Å²) in [5.74, 6) is -1.68. The van der Waals surface area contributed by atoms with Crippen molar-refractivity contribution in [2.45, 2.75) is 6.54 Å². The number of pyridine rings is 1. The SMILES string of the molecule is CN1C(=O)C(=O)N(Cc2cc(Cl)ccn2)C1=O. The maximum atomic E-state index is 11.6. The van der Waals surface area contributed by atoms with Crippen LogP contribution in [0.25, 0.3) is 0 Å². The van der Waals surface area contributed by atoms with Gasteiger partial charge in [-0.05, 0) is 12.1 Å². The molecule has 1 aromatic heterocycles. The number of nitrogens with zero attached hydrogens (tertiary/aromatic N) is 3. The zero-order chi connectivity index (χ0) is 12.6. The van der Waals surface area contributed by atoms with Gasteiger partial charge in [0.25, 0.3) is 0 Å². The Balaban J connectivity index is 2.23. The molecule has 0 N–H and O–H groups in total. The fraction of sp³-hybridized carbons (Fsp3) is 0.200. The number of imide groups is 2. The van der Waals surface area contributed by atoms with Crippen LogP contribution in [0.2, 0.25) is 5.02 Å². The van der Waals surface area contributed by atoms with E-state index in [-0.39, 0.29) is 6.54 Å². The van der Waals surface area contributed by atoms with Crippen LogP contribution in [0.4, 0.5) is 4.79 Å². The Hall–Kier alpha value is -1.95. The highest BCUT2D eigenvalue weighted by Gasteiger charge is 2.42. The van der Waals surface area contributed by atoms with E-state index in [0.717, 1.165) is 9.80 Å². The Kier molecular flexibility index (Phi) is 2.81. The lowest BCUT2D eigenvalue weighted by Gasteiger charge is -2.11. The predicted molar refractivity (Wildman–Crippen MR) is 58.0 cm³/mol. The molecule has 0 unspecified atom stereocenters. The molecule has 0 bridgehead atoms. The van der Waals surface area contributed by atoms with E-state index in [2.05, 4.69) is 4.98 Å². The topological polar surface area (TPSA) is 70.6 Å².